The highest BCUT2D eigenvalue weighted by molar-refractivity contribution is 8.00. The molecule has 1 N–H and O–H groups in total. The minimum absolute atomic E-state index is 0.0941. The van der Waals surface area contributed by atoms with Gasteiger partial charge in [0.2, 0.25) is 5.91 Å². The Hall–Kier alpha value is -3.71. The van der Waals surface area contributed by atoms with Gasteiger partial charge in [0, 0.05) is 11.1 Å². The van der Waals surface area contributed by atoms with Gasteiger partial charge in [-0.3, -0.25) is 4.79 Å². The third-order valence-electron chi connectivity index (χ3n) is 5.15. The highest BCUT2D eigenvalue weighted by atomic mass is 32.2. The number of para-hydroxylation sites is 2. The van der Waals surface area contributed by atoms with Gasteiger partial charge >= 0.3 is 0 Å². The molecule has 3 aromatic heterocycles. The van der Waals surface area contributed by atoms with E-state index in [9.17, 15) is 10.1 Å². The summed E-state index contributed by atoms with van der Waals surface area (Å²) in [5.74, 6) is 0.550. The third-order valence-corrected chi connectivity index (χ3v) is 7.97. The molecule has 0 unspecified atom stereocenters. The molecular weight excluding hydrogens is 497 g/mol. The summed E-state index contributed by atoms with van der Waals surface area (Å²) in [6.45, 7) is 0. The minimum atomic E-state index is -0.208. The number of hydrogen-bond donors (Lipinski definition) is 1. The molecule has 0 atom stereocenters. The topological polar surface area (TPSA) is 87.9 Å². The maximum atomic E-state index is 12.7. The fourth-order valence-corrected chi connectivity index (χ4v) is 5.95. The zero-order valence-electron chi connectivity index (χ0n) is 18.5. The molecule has 1 amide bonds. The van der Waals surface area contributed by atoms with E-state index in [1.165, 1.54) is 23.1 Å². The first kappa shape index (κ1) is 23.1. The number of thioether (sulfide) groups is 1. The Balaban J connectivity index is 1.47. The van der Waals surface area contributed by atoms with Crippen LogP contribution >= 0.6 is 34.4 Å². The van der Waals surface area contributed by atoms with Gasteiger partial charge in [-0.1, -0.05) is 59.5 Å². The number of rotatable bonds is 7. The largest absolute Gasteiger partial charge is 0.496 e. The van der Waals surface area contributed by atoms with Crippen LogP contribution in [0.3, 0.4) is 0 Å². The summed E-state index contributed by atoms with van der Waals surface area (Å²) >= 11 is 4.23. The SMILES string of the molecule is COc1ccccc1-c1cc(-c2cccs2)nc(SCC(=O)Nc2nc3ccccc3s2)c1C#N. The lowest BCUT2D eigenvalue weighted by Crippen LogP contribution is -2.14. The van der Waals surface area contributed by atoms with Crippen LogP contribution in [0.25, 0.3) is 31.9 Å². The van der Waals surface area contributed by atoms with Crippen molar-refractivity contribution in [3.8, 4) is 33.5 Å². The average Bonchev–Trinajstić information content (AvgIpc) is 3.56. The molecule has 5 aromatic rings. The van der Waals surface area contributed by atoms with Gasteiger partial charge in [0.05, 0.1) is 39.2 Å². The first-order valence-corrected chi connectivity index (χ1v) is 13.2. The normalized spacial score (nSPS) is 10.7. The van der Waals surface area contributed by atoms with Crippen molar-refractivity contribution in [3.05, 3.63) is 77.7 Å². The number of hydrogen-bond acceptors (Lipinski definition) is 8. The van der Waals surface area contributed by atoms with Crippen LogP contribution in [0.5, 0.6) is 5.75 Å². The zero-order chi connectivity index (χ0) is 24.2. The number of amides is 1. The van der Waals surface area contributed by atoms with Crippen molar-refractivity contribution in [2.75, 3.05) is 18.2 Å². The highest BCUT2D eigenvalue weighted by Crippen LogP contribution is 2.39. The Morgan fingerprint density at radius 2 is 1.91 bits per heavy atom. The summed E-state index contributed by atoms with van der Waals surface area (Å²) in [4.78, 5) is 22.9. The number of nitrogens with one attached hydrogen (secondary N) is 1. The third kappa shape index (κ3) is 4.91. The maximum Gasteiger partial charge on any atom is 0.236 e. The fraction of sp³-hybridized carbons (Fsp3) is 0.0769. The van der Waals surface area contributed by atoms with Crippen molar-refractivity contribution in [3.63, 3.8) is 0 Å². The number of anilines is 1. The molecule has 0 aliphatic heterocycles. The Bertz CT molecular complexity index is 1520. The summed E-state index contributed by atoms with van der Waals surface area (Å²) in [7, 11) is 1.61. The number of aromatic nitrogens is 2. The van der Waals surface area contributed by atoms with E-state index in [0.29, 0.717) is 21.5 Å². The van der Waals surface area contributed by atoms with Crippen LogP contribution in [-0.2, 0) is 4.79 Å². The molecule has 0 aliphatic carbocycles. The first-order chi connectivity index (χ1) is 17.2. The molecule has 0 radical (unpaired) electrons. The van der Waals surface area contributed by atoms with Crippen molar-refractivity contribution in [1.82, 2.24) is 9.97 Å². The summed E-state index contributed by atoms with van der Waals surface area (Å²) in [5, 5.41) is 16.0. The van der Waals surface area contributed by atoms with Crippen LogP contribution in [0, 0.1) is 11.3 Å². The van der Waals surface area contributed by atoms with Gasteiger partial charge in [-0.2, -0.15) is 5.26 Å². The standard InChI is InChI=1S/C26H18N4O2S3/c1-32-21-9-4-2-7-16(21)17-13-20(22-11-6-12-33-22)28-25(18(17)14-27)34-15-24(31)30-26-29-19-8-3-5-10-23(19)35-26/h2-13H,15H2,1H3,(H,29,30,31). The van der Waals surface area contributed by atoms with E-state index in [0.717, 1.165) is 31.9 Å². The Morgan fingerprint density at radius 1 is 1.09 bits per heavy atom. The van der Waals surface area contributed by atoms with Gasteiger partial charge in [-0.15, -0.1) is 11.3 Å². The van der Waals surface area contributed by atoms with Crippen LogP contribution in [0.2, 0.25) is 0 Å². The predicted molar refractivity (Wildman–Crippen MR) is 143 cm³/mol. The second-order valence-corrected chi connectivity index (χ2v) is 10.3. The molecule has 6 nitrogen and oxygen atoms in total. The Morgan fingerprint density at radius 3 is 2.69 bits per heavy atom. The lowest BCUT2D eigenvalue weighted by atomic mass is 10.00. The number of carbonyl (C=O) groups excluding carboxylic acids is 1. The number of pyridine rings is 1. The second-order valence-electron chi connectivity index (χ2n) is 7.35. The van der Waals surface area contributed by atoms with Gasteiger partial charge in [-0.05, 0) is 35.7 Å². The molecule has 172 valence electrons. The van der Waals surface area contributed by atoms with Crippen molar-refractivity contribution in [2.45, 2.75) is 5.03 Å². The van der Waals surface area contributed by atoms with Crippen LogP contribution in [0.15, 0.2) is 77.1 Å². The van der Waals surface area contributed by atoms with E-state index >= 15 is 0 Å². The van der Waals surface area contributed by atoms with Crippen molar-refractivity contribution in [1.29, 1.82) is 5.26 Å². The van der Waals surface area contributed by atoms with E-state index in [2.05, 4.69) is 16.4 Å². The molecule has 0 saturated heterocycles. The van der Waals surface area contributed by atoms with Gasteiger partial charge < -0.3 is 10.1 Å². The number of nitriles is 1. The molecular formula is C26H18N4O2S3. The summed E-state index contributed by atoms with van der Waals surface area (Å²) in [6.07, 6.45) is 0. The van der Waals surface area contributed by atoms with Crippen LogP contribution in [0.1, 0.15) is 5.56 Å². The van der Waals surface area contributed by atoms with Crippen LogP contribution in [0.4, 0.5) is 5.13 Å². The molecule has 9 heteroatoms. The lowest BCUT2D eigenvalue weighted by Gasteiger charge is -2.14. The number of benzene rings is 2. The molecule has 3 heterocycles. The molecule has 5 rings (SSSR count). The van der Waals surface area contributed by atoms with E-state index in [1.54, 1.807) is 18.4 Å². The zero-order valence-corrected chi connectivity index (χ0v) is 21.0. The van der Waals surface area contributed by atoms with Crippen molar-refractivity contribution in [2.24, 2.45) is 0 Å². The number of thiazole rings is 1. The maximum absolute atomic E-state index is 12.7. The fourth-order valence-electron chi connectivity index (χ4n) is 3.58. The number of thiophene rings is 1. The van der Waals surface area contributed by atoms with Gasteiger partial charge in [0.25, 0.3) is 0 Å². The van der Waals surface area contributed by atoms with Crippen molar-refractivity contribution >= 4 is 55.7 Å². The molecule has 0 aliphatic rings. The van der Waals surface area contributed by atoms with E-state index in [1.807, 2.05) is 72.1 Å². The Kier molecular flexibility index (Phi) is 6.77. The average molecular weight is 515 g/mol. The van der Waals surface area contributed by atoms with Gasteiger partial charge in [-0.25, -0.2) is 9.97 Å². The molecule has 35 heavy (non-hydrogen) atoms. The summed E-state index contributed by atoms with van der Waals surface area (Å²) in [5.41, 5.74) is 3.52. The number of carbonyl (C=O) groups is 1. The number of fused-ring (bicyclic) bond motifs is 1. The molecule has 0 fully saturated rings. The lowest BCUT2D eigenvalue weighted by molar-refractivity contribution is -0.113. The van der Waals surface area contributed by atoms with Crippen LogP contribution < -0.4 is 10.1 Å². The van der Waals surface area contributed by atoms with E-state index in [-0.39, 0.29) is 11.7 Å². The molecule has 0 saturated carbocycles. The van der Waals surface area contributed by atoms with E-state index in [4.69, 9.17) is 9.72 Å². The number of methoxy groups -OCH3 is 1. The highest BCUT2D eigenvalue weighted by Gasteiger charge is 2.19. The molecule has 2 aromatic carbocycles. The minimum Gasteiger partial charge on any atom is -0.496 e. The molecule has 0 spiro atoms. The number of nitrogens with zero attached hydrogens (tertiary/aromatic N) is 3. The number of ether oxygens (including phenoxy) is 1. The summed E-state index contributed by atoms with van der Waals surface area (Å²) < 4.78 is 6.56. The monoisotopic (exact) mass is 514 g/mol. The molecule has 0 bridgehead atoms. The predicted octanol–water partition coefficient (Wildman–Crippen LogP) is 6.70. The van der Waals surface area contributed by atoms with Gasteiger partial charge in [0.1, 0.15) is 16.8 Å². The smallest absolute Gasteiger partial charge is 0.236 e. The van der Waals surface area contributed by atoms with Gasteiger partial charge in [0.15, 0.2) is 5.13 Å². The first-order valence-electron chi connectivity index (χ1n) is 10.6. The quantitative estimate of drug-likeness (QED) is 0.243. The Labute approximate surface area is 214 Å². The van der Waals surface area contributed by atoms with Crippen LogP contribution in [-0.4, -0.2) is 28.7 Å². The van der Waals surface area contributed by atoms with E-state index < -0.39 is 0 Å². The second kappa shape index (κ2) is 10.3. The van der Waals surface area contributed by atoms with Crippen molar-refractivity contribution < 1.29 is 9.53 Å². The summed E-state index contributed by atoms with van der Waals surface area (Å²) in [6, 6.07) is 23.5.